The minimum Gasteiger partial charge on any atom is -0.366 e. The molecule has 0 fully saturated rings. The third-order valence-electron chi connectivity index (χ3n) is 4.24. The summed E-state index contributed by atoms with van der Waals surface area (Å²) in [5, 5.41) is 0.287. The number of amides is 1. The number of hydrogen-bond donors (Lipinski definition) is 1. The number of halogens is 3. The van der Waals surface area contributed by atoms with Gasteiger partial charge in [-0.1, -0.05) is 11.8 Å². The number of primary amides is 1. The molecule has 1 amide bonds. The quantitative estimate of drug-likeness (QED) is 0.337. The molecule has 6 nitrogen and oxygen atoms in total. The maximum Gasteiger partial charge on any atom is 0.405 e. The number of nitrogens with two attached hydrogens (primary N) is 1. The second kappa shape index (κ2) is 9.65. The Balaban J connectivity index is 2.83. The SMILES string of the molecule is CCOP(=O)(OCC)C(F)(F)c1sc2c(C#CC(C)(C)OC)cc(C(N)=O)cc2c1Br. The van der Waals surface area contributed by atoms with Crippen molar-refractivity contribution in [2.24, 2.45) is 5.73 Å². The van der Waals surface area contributed by atoms with Crippen molar-refractivity contribution >= 4 is 50.9 Å². The van der Waals surface area contributed by atoms with Crippen LogP contribution in [0.25, 0.3) is 10.1 Å². The smallest absolute Gasteiger partial charge is 0.366 e. The number of carbonyl (C=O) groups is 1. The molecule has 0 saturated carbocycles. The molecule has 0 radical (unpaired) electrons. The molecular weight excluding hydrogens is 515 g/mol. The van der Waals surface area contributed by atoms with Crippen molar-refractivity contribution < 1.29 is 31.9 Å². The van der Waals surface area contributed by atoms with E-state index in [2.05, 4.69) is 27.8 Å². The lowest BCUT2D eigenvalue weighted by Gasteiger charge is -2.25. The molecule has 2 rings (SSSR count). The predicted molar refractivity (Wildman–Crippen MR) is 121 cm³/mol. The fraction of sp³-hybridized carbons (Fsp3) is 0.450. The second-order valence-electron chi connectivity index (χ2n) is 6.85. The second-order valence-corrected chi connectivity index (χ2v) is 10.7. The minimum absolute atomic E-state index is 0.0331. The summed E-state index contributed by atoms with van der Waals surface area (Å²) in [6.07, 6.45) is 0. The molecule has 1 aromatic carbocycles. The summed E-state index contributed by atoms with van der Waals surface area (Å²) in [5.41, 5.74) is 1.07. The van der Waals surface area contributed by atoms with Crippen LogP contribution in [0.4, 0.5) is 8.78 Å². The van der Waals surface area contributed by atoms with Crippen LogP contribution in [0.2, 0.25) is 0 Å². The van der Waals surface area contributed by atoms with Gasteiger partial charge in [0.1, 0.15) is 10.5 Å². The molecule has 0 bridgehead atoms. The first-order chi connectivity index (χ1) is 14.3. The van der Waals surface area contributed by atoms with Gasteiger partial charge in [0.05, 0.1) is 17.9 Å². The molecule has 31 heavy (non-hydrogen) atoms. The molecule has 170 valence electrons. The molecule has 0 aliphatic carbocycles. The van der Waals surface area contributed by atoms with E-state index in [1.54, 1.807) is 13.8 Å². The summed E-state index contributed by atoms with van der Waals surface area (Å²) < 4.78 is 59.1. The van der Waals surface area contributed by atoms with E-state index in [1.807, 2.05) is 0 Å². The van der Waals surface area contributed by atoms with E-state index in [4.69, 9.17) is 19.5 Å². The third kappa shape index (κ3) is 5.19. The number of methoxy groups -OCH3 is 1. The van der Waals surface area contributed by atoms with Crippen LogP contribution in [-0.4, -0.2) is 31.8 Å². The normalized spacial score (nSPS) is 12.6. The molecule has 2 N–H and O–H groups in total. The Morgan fingerprint density at radius 1 is 1.26 bits per heavy atom. The Kier molecular flexibility index (Phi) is 8.07. The van der Waals surface area contributed by atoms with E-state index in [1.165, 1.54) is 33.1 Å². The van der Waals surface area contributed by atoms with Crippen molar-refractivity contribution in [2.75, 3.05) is 20.3 Å². The highest BCUT2D eigenvalue weighted by molar-refractivity contribution is 9.10. The maximum absolute atomic E-state index is 15.4. The number of carbonyl (C=O) groups excluding carboxylic acids is 1. The van der Waals surface area contributed by atoms with Gasteiger partial charge in [0.15, 0.2) is 0 Å². The fourth-order valence-electron chi connectivity index (χ4n) is 2.53. The standard InChI is InChI=1S/C20H23BrF2NO5PS/c1-6-28-30(26,29-7-2)20(22,23)17-15(21)14-11-13(18(24)25)10-12(16(14)31-17)8-9-19(3,4)27-5/h10-11H,6-7H2,1-5H3,(H2,24,25). The van der Waals surface area contributed by atoms with E-state index in [0.29, 0.717) is 21.6 Å². The average molecular weight is 538 g/mol. The number of alkyl halides is 2. The van der Waals surface area contributed by atoms with Gasteiger partial charge in [-0.2, -0.15) is 8.78 Å². The van der Waals surface area contributed by atoms with Gasteiger partial charge in [0.2, 0.25) is 5.91 Å². The fourth-order valence-corrected chi connectivity index (χ4v) is 6.55. The first-order valence-corrected chi connectivity index (χ1v) is 12.4. The monoisotopic (exact) mass is 537 g/mol. The molecule has 0 atom stereocenters. The van der Waals surface area contributed by atoms with Crippen LogP contribution in [0.3, 0.4) is 0 Å². The molecule has 1 heterocycles. The van der Waals surface area contributed by atoms with Crippen LogP contribution in [0.1, 0.15) is 48.5 Å². The third-order valence-corrected chi connectivity index (χ3v) is 8.89. The molecule has 0 spiro atoms. The summed E-state index contributed by atoms with van der Waals surface area (Å²) in [4.78, 5) is 11.3. The zero-order chi connectivity index (χ0) is 23.6. The highest BCUT2D eigenvalue weighted by atomic mass is 79.9. The Morgan fingerprint density at radius 2 is 1.84 bits per heavy atom. The molecule has 0 aliphatic rings. The van der Waals surface area contributed by atoms with E-state index in [0.717, 1.165) is 0 Å². The number of rotatable bonds is 8. The minimum atomic E-state index is -4.82. The van der Waals surface area contributed by atoms with Gasteiger partial charge in [-0.05, 0) is 55.8 Å². The van der Waals surface area contributed by atoms with Gasteiger partial charge >= 0.3 is 13.3 Å². The van der Waals surface area contributed by atoms with Crippen molar-refractivity contribution in [3.05, 3.63) is 32.6 Å². The molecule has 0 aliphatic heterocycles. The Hall–Kier alpha value is -1.34. The Labute approximate surface area is 192 Å². The maximum atomic E-state index is 15.4. The predicted octanol–water partition coefficient (Wildman–Crippen LogP) is 5.85. The lowest BCUT2D eigenvalue weighted by molar-refractivity contribution is 0.0387. The highest BCUT2D eigenvalue weighted by Gasteiger charge is 2.57. The topological polar surface area (TPSA) is 87.8 Å². The van der Waals surface area contributed by atoms with Gasteiger partial charge < -0.3 is 19.5 Å². The van der Waals surface area contributed by atoms with Crippen molar-refractivity contribution in [1.82, 2.24) is 0 Å². The van der Waals surface area contributed by atoms with Crippen LogP contribution in [0.15, 0.2) is 16.6 Å². The highest BCUT2D eigenvalue weighted by Crippen LogP contribution is 2.69. The number of hydrogen-bond acceptors (Lipinski definition) is 6. The number of benzene rings is 1. The molecule has 1 aromatic heterocycles. The van der Waals surface area contributed by atoms with Gasteiger partial charge in [0.25, 0.3) is 0 Å². The van der Waals surface area contributed by atoms with Crippen LogP contribution in [-0.2, 0) is 24.0 Å². The lowest BCUT2D eigenvalue weighted by Crippen LogP contribution is -2.19. The van der Waals surface area contributed by atoms with Gasteiger partial charge in [-0.25, -0.2) is 0 Å². The molecular formula is C20H23BrF2NO5PS. The van der Waals surface area contributed by atoms with Crippen molar-refractivity contribution in [2.45, 2.75) is 39.0 Å². The molecule has 0 unspecified atom stereocenters. The number of thiophene rings is 1. The average Bonchev–Trinajstić information content (AvgIpc) is 3.04. The summed E-state index contributed by atoms with van der Waals surface area (Å²) in [6, 6.07) is 2.82. The van der Waals surface area contributed by atoms with Crippen molar-refractivity contribution in [3.8, 4) is 11.8 Å². The first-order valence-electron chi connectivity index (χ1n) is 9.25. The van der Waals surface area contributed by atoms with Crippen LogP contribution < -0.4 is 5.73 Å². The zero-order valence-corrected chi connectivity index (χ0v) is 21.0. The van der Waals surface area contributed by atoms with Gasteiger partial charge in [-0.3, -0.25) is 9.36 Å². The first kappa shape index (κ1) is 25.9. The number of fused-ring (bicyclic) bond motifs is 1. The van der Waals surface area contributed by atoms with Gasteiger partial charge in [0, 0.05) is 28.1 Å². The van der Waals surface area contributed by atoms with E-state index in [-0.39, 0.29) is 28.6 Å². The summed E-state index contributed by atoms with van der Waals surface area (Å²) >= 11 is 3.87. The summed E-state index contributed by atoms with van der Waals surface area (Å²) in [6.45, 7) is 5.94. The Morgan fingerprint density at radius 3 is 2.32 bits per heavy atom. The molecule has 11 heteroatoms. The Bertz CT molecular complexity index is 1100. The molecule has 2 aromatic rings. The number of ether oxygens (including phenoxy) is 1. The van der Waals surface area contributed by atoms with E-state index in [9.17, 15) is 9.36 Å². The van der Waals surface area contributed by atoms with E-state index < -0.39 is 29.6 Å². The molecule has 0 saturated heterocycles. The lowest BCUT2D eigenvalue weighted by atomic mass is 10.1. The van der Waals surface area contributed by atoms with E-state index >= 15 is 8.78 Å². The largest absolute Gasteiger partial charge is 0.405 e. The van der Waals surface area contributed by atoms with Gasteiger partial charge in [-0.15, -0.1) is 11.3 Å². The summed E-state index contributed by atoms with van der Waals surface area (Å²) in [7, 11) is -3.33. The van der Waals surface area contributed by atoms with Crippen LogP contribution >= 0.6 is 34.9 Å². The van der Waals surface area contributed by atoms with Crippen molar-refractivity contribution in [3.63, 3.8) is 0 Å². The van der Waals surface area contributed by atoms with Crippen LogP contribution in [0.5, 0.6) is 0 Å². The summed E-state index contributed by atoms with van der Waals surface area (Å²) in [5.74, 6) is 5.04. The zero-order valence-electron chi connectivity index (χ0n) is 17.7. The van der Waals surface area contributed by atoms with Crippen molar-refractivity contribution in [1.29, 1.82) is 0 Å². The van der Waals surface area contributed by atoms with Crippen LogP contribution in [0, 0.1) is 11.8 Å².